The van der Waals surface area contributed by atoms with Gasteiger partial charge in [0.2, 0.25) is 11.9 Å². The number of carbonyl (C=O) groups excluding carboxylic acids is 1. The maximum atomic E-state index is 12.0. The number of benzene rings is 2. The quantitative estimate of drug-likeness (QED) is 0.730. The molecule has 1 aromatic heterocycles. The molecule has 0 saturated carbocycles. The highest BCUT2D eigenvalue weighted by atomic mass is 35.5. The van der Waals surface area contributed by atoms with Gasteiger partial charge in [0, 0.05) is 21.2 Å². The largest absolute Gasteiger partial charge is 0.488 e. The van der Waals surface area contributed by atoms with E-state index in [1.807, 2.05) is 30.3 Å². The molecule has 0 saturated heterocycles. The lowest BCUT2D eigenvalue weighted by molar-refractivity contribution is -0.117. The van der Waals surface area contributed by atoms with Crippen LogP contribution in [0, 0.1) is 0 Å². The smallest absolute Gasteiger partial charge is 0.229 e. The van der Waals surface area contributed by atoms with E-state index in [1.165, 1.54) is 6.33 Å². The lowest BCUT2D eigenvalue weighted by Gasteiger charge is -2.25. The molecular weight excluding hydrogens is 375 g/mol. The molecule has 0 fully saturated rings. The van der Waals surface area contributed by atoms with E-state index < -0.39 is 0 Å². The number of anilines is 1. The molecule has 26 heavy (non-hydrogen) atoms. The Balaban J connectivity index is 1.63. The first-order chi connectivity index (χ1) is 12.6. The molecule has 3 aromatic rings. The van der Waals surface area contributed by atoms with Crippen LogP contribution in [0.3, 0.4) is 0 Å². The molecule has 4 rings (SSSR count). The first kappa shape index (κ1) is 16.9. The fourth-order valence-corrected chi connectivity index (χ4v) is 3.39. The highest BCUT2D eigenvalue weighted by Crippen LogP contribution is 2.34. The topological polar surface area (TPSA) is 69.0 Å². The molecule has 0 bridgehead atoms. The molecule has 1 aliphatic heterocycles. The Kier molecular flexibility index (Phi) is 4.53. The summed E-state index contributed by atoms with van der Waals surface area (Å²) in [7, 11) is 0. The van der Waals surface area contributed by atoms with E-state index in [1.54, 1.807) is 16.8 Å². The SMILES string of the molecule is O=C1C[C@@H](c2ccccc2OCc2ccc(Cl)cc2Cl)n2ncnc2N1. The molecule has 1 atom stereocenters. The third-order valence-corrected chi connectivity index (χ3v) is 4.76. The van der Waals surface area contributed by atoms with Gasteiger partial charge in [0.15, 0.2) is 0 Å². The summed E-state index contributed by atoms with van der Waals surface area (Å²) >= 11 is 12.1. The Morgan fingerprint density at radius 3 is 2.92 bits per heavy atom. The number of hydrogen-bond donors (Lipinski definition) is 1. The summed E-state index contributed by atoms with van der Waals surface area (Å²) in [5, 5.41) is 8.06. The number of ether oxygens (including phenoxy) is 1. The van der Waals surface area contributed by atoms with Crippen molar-refractivity contribution in [1.29, 1.82) is 0 Å². The minimum Gasteiger partial charge on any atom is -0.488 e. The number of fused-ring (bicyclic) bond motifs is 1. The molecule has 0 aliphatic carbocycles. The fraction of sp³-hybridized carbons (Fsp3) is 0.167. The molecule has 1 amide bonds. The average Bonchev–Trinajstić information content (AvgIpc) is 3.09. The van der Waals surface area contributed by atoms with Gasteiger partial charge in [-0.2, -0.15) is 10.1 Å². The fourth-order valence-electron chi connectivity index (χ4n) is 2.93. The predicted octanol–water partition coefficient (Wildman–Crippen LogP) is 4.10. The van der Waals surface area contributed by atoms with Gasteiger partial charge >= 0.3 is 0 Å². The van der Waals surface area contributed by atoms with Crippen molar-refractivity contribution in [3.63, 3.8) is 0 Å². The van der Waals surface area contributed by atoms with Crippen molar-refractivity contribution in [1.82, 2.24) is 14.8 Å². The van der Waals surface area contributed by atoms with E-state index in [-0.39, 0.29) is 25.0 Å². The number of hydrogen-bond acceptors (Lipinski definition) is 4. The zero-order valence-electron chi connectivity index (χ0n) is 13.5. The number of halogens is 2. The van der Waals surface area contributed by atoms with E-state index in [9.17, 15) is 4.79 Å². The summed E-state index contributed by atoms with van der Waals surface area (Å²) in [6.07, 6.45) is 1.68. The predicted molar refractivity (Wildman–Crippen MR) is 98.6 cm³/mol. The van der Waals surface area contributed by atoms with Gasteiger partial charge < -0.3 is 4.74 Å². The summed E-state index contributed by atoms with van der Waals surface area (Å²) in [4.78, 5) is 16.1. The normalized spacial score (nSPS) is 16.1. The van der Waals surface area contributed by atoms with Gasteiger partial charge in [-0.15, -0.1) is 0 Å². The van der Waals surface area contributed by atoms with Crippen molar-refractivity contribution in [2.75, 3.05) is 5.32 Å². The highest BCUT2D eigenvalue weighted by molar-refractivity contribution is 6.35. The second kappa shape index (κ2) is 6.97. The van der Waals surface area contributed by atoms with Crippen LogP contribution in [-0.4, -0.2) is 20.7 Å². The first-order valence-electron chi connectivity index (χ1n) is 7.97. The van der Waals surface area contributed by atoms with Crippen molar-refractivity contribution in [3.05, 3.63) is 70.0 Å². The summed E-state index contributed by atoms with van der Waals surface area (Å²) in [6.45, 7) is 0.288. The minimum absolute atomic E-state index is 0.106. The highest BCUT2D eigenvalue weighted by Gasteiger charge is 2.29. The van der Waals surface area contributed by atoms with Gasteiger partial charge in [-0.3, -0.25) is 10.1 Å². The van der Waals surface area contributed by atoms with Crippen LogP contribution in [0.15, 0.2) is 48.8 Å². The van der Waals surface area contributed by atoms with E-state index in [2.05, 4.69) is 15.4 Å². The van der Waals surface area contributed by atoms with Gasteiger partial charge in [0.05, 0.1) is 12.5 Å². The number of para-hydroxylation sites is 1. The lowest BCUT2D eigenvalue weighted by Crippen LogP contribution is -2.29. The summed E-state index contributed by atoms with van der Waals surface area (Å²) in [5.41, 5.74) is 1.69. The van der Waals surface area contributed by atoms with Gasteiger partial charge in [0.1, 0.15) is 18.7 Å². The maximum absolute atomic E-state index is 12.0. The van der Waals surface area contributed by atoms with Gasteiger partial charge in [-0.1, -0.05) is 47.5 Å². The van der Waals surface area contributed by atoms with E-state index >= 15 is 0 Å². The zero-order valence-corrected chi connectivity index (χ0v) is 15.0. The molecule has 0 radical (unpaired) electrons. The minimum atomic E-state index is -0.280. The van der Waals surface area contributed by atoms with Crippen molar-refractivity contribution in [3.8, 4) is 5.75 Å². The van der Waals surface area contributed by atoms with Gasteiger partial charge in [-0.05, 0) is 18.2 Å². The Labute approximate surface area is 159 Å². The van der Waals surface area contributed by atoms with Crippen molar-refractivity contribution >= 4 is 35.1 Å². The molecule has 1 aliphatic rings. The number of nitrogens with one attached hydrogen (secondary N) is 1. The number of carbonyl (C=O) groups is 1. The van der Waals surface area contributed by atoms with Crippen molar-refractivity contribution in [2.24, 2.45) is 0 Å². The van der Waals surface area contributed by atoms with E-state index in [4.69, 9.17) is 27.9 Å². The van der Waals surface area contributed by atoms with Gasteiger partial charge in [-0.25, -0.2) is 4.68 Å². The van der Waals surface area contributed by atoms with Crippen LogP contribution in [0.25, 0.3) is 0 Å². The first-order valence-corrected chi connectivity index (χ1v) is 8.72. The second-order valence-corrected chi connectivity index (χ2v) is 6.70. The van der Waals surface area contributed by atoms with Crippen LogP contribution in [0.5, 0.6) is 5.75 Å². The molecule has 0 unspecified atom stereocenters. The summed E-state index contributed by atoms with van der Waals surface area (Å²) in [6, 6.07) is 12.6. The number of nitrogens with zero attached hydrogens (tertiary/aromatic N) is 3. The molecule has 0 spiro atoms. The van der Waals surface area contributed by atoms with E-state index in [0.717, 1.165) is 11.1 Å². The number of amides is 1. The van der Waals surface area contributed by atoms with Crippen LogP contribution < -0.4 is 10.1 Å². The van der Waals surface area contributed by atoms with Crippen molar-refractivity contribution < 1.29 is 9.53 Å². The average molecular weight is 389 g/mol. The van der Waals surface area contributed by atoms with Crippen LogP contribution >= 0.6 is 23.2 Å². The molecular formula is C18H14Cl2N4O2. The molecule has 8 heteroatoms. The lowest BCUT2D eigenvalue weighted by atomic mass is 10.0. The monoisotopic (exact) mass is 388 g/mol. The van der Waals surface area contributed by atoms with Crippen LogP contribution in [0.2, 0.25) is 10.0 Å². The molecule has 2 aromatic carbocycles. The Morgan fingerprint density at radius 1 is 1.23 bits per heavy atom. The molecule has 2 heterocycles. The Bertz CT molecular complexity index is 973. The summed E-state index contributed by atoms with van der Waals surface area (Å²) < 4.78 is 7.70. The third-order valence-electron chi connectivity index (χ3n) is 4.17. The number of rotatable bonds is 4. The Morgan fingerprint density at radius 2 is 2.08 bits per heavy atom. The van der Waals surface area contributed by atoms with Crippen molar-refractivity contribution in [2.45, 2.75) is 19.1 Å². The van der Waals surface area contributed by atoms with Crippen LogP contribution in [0.1, 0.15) is 23.6 Å². The zero-order chi connectivity index (χ0) is 18.1. The molecule has 132 valence electrons. The third kappa shape index (κ3) is 3.25. The van der Waals surface area contributed by atoms with E-state index in [0.29, 0.717) is 21.7 Å². The standard InChI is InChI=1S/C18H14Cl2N4O2/c19-12-6-5-11(14(20)7-12)9-26-16-4-2-1-3-13(16)15-8-17(25)23-18-21-10-22-24(15)18/h1-7,10,15H,8-9H2,(H,21,22,23,25)/t15-/m0/s1. The Hall–Kier alpha value is -2.57. The molecule has 6 nitrogen and oxygen atoms in total. The maximum Gasteiger partial charge on any atom is 0.229 e. The number of aromatic nitrogens is 3. The van der Waals surface area contributed by atoms with Crippen LogP contribution in [-0.2, 0) is 11.4 Å². The second-order valence-electron chi connectivity index (χ2n) is 5.86. The molecule has 1 N–H and O–H groups in total. The van der Waals surface area contributed by atoms with Gasteiger partial charge in [0.25, 0.3) is 0 Å². The van der Waals surface area contributed by atoms with Crippen LogP contribution in [0.4, 0.5) is 5.95 Å². The summed E-state index contributed by atoms with van der Waals surface area (Å²) in [5.74, 6) is 0.993.